The Morgan fingerprint density at radius 1 is 0.750 bits per heavy atom. The Labute approximate surface area is 328 Å². The van der Waals surface area contributed by atoms with Crippen molar-refractivity contribution in [3.05, 3.63) is 208 Å². The van der Waals surface area contributed by atoms with E-state index in [4.69, 9.17) is 15.1 Å². The van der Waals surface area contributed by atoms with Crippen molar-refractivity contribution < 1.29 is 4.42 Å². The van der Waals surface area contributed by atoms with E-state index < -0.39 is 0 Å². The fourth-order valence-corrected chi connectivity index (χ4v) is 8.81. The van der Waals surface area contributed by atoms with Crippen molar-refractivity contribution >= 4 is 56.7 Å². The van der Waals surface area contributed by atoms with E-state index >= 15 is 0 Å². The number of nitrogens with zero attached hydrogens (tertiary/aromatic N) is 2. The second kappa shape index (κ2) is 14.5. The van der Waals surface area contributed by atoms with Crippen LogP contribution in [0.25, 0.3) is 51.0 Å². The lowest BCUT2D eigenvalue weighted by atomic mass is 9.83. The molecule has 0 radical (unpaired) electrons. The summed E-state index contributed by atoms with van der Waals surface area (Å²) in [6.45, 7) is 0.567. The van der Waals surface area contributed by atoms with Gasteiger partial charge in [0.25, 0.3) is 0 Å². The number of benzene rings is 5. The zero-order valence-corrected chi connectivity index (χ0v) is 31.4. The van der Waals surface area contributed by atoms with Gasteiger partial charge in [0.2, 0.25) is 0 Å². The molecule has 7 aromatic rings. The molecule has 0 bridgehead atoms. The van der Waals surface area contributed by atoms with E-state index in [0.29, 0.717) is 12.2 Å². The molecule has 0 fully saturated rings. The third-order valence-electron chi connectivity index (χ3n) is 11.7. The van der Waals surface area contributed by atoms with Crippen molar-refractivity contribution in [2.75, 3.05) is 0 Å². The van der Waals surface area contributed by atoms with Crippen LogP contribution in [0, 0.1) is 0 Å². The van der Waals surface area contributed by atoms with E-state index in [9.17, 15) is 0 Å². The molecule has 0 amide bonds. The van der Waals surface area contributed by atoms with Gasteiger partial charge < -0.3 is 14.7 Å². The van der Waals surface area contributed by atoms with Crippen molar-refractivity contribution in [3.8, 4) is 0 Å². The summed E-state index contributed by atoms with van der Waals surface area (Å²) < 4.78 is 8.68. The van der Waals surface area contributed by atoms with Crippen LogP contribution >= 0.6 is 0 Å². The molecule has 2 N–H and O–H groups in total. The summed E-state index contributed by atoms with van der Waals surface area (Å²) in [5.41, 5.74) is 23.0. The Morgan fingerprint density at radius 3 is 2.34 bits per heavy atom. The molecule has 0 aliphatic heterocycles. The van der Waals surface area contributed by atoms with Gasteiger partial charge in [-0.25, -0.2) is 0 Å². The Bertz CT molecular complexity index is 2790. The minimum absolute atomic E-state index is 0.268. The fourth-order valence-electron chi connectivity index (χ4n) is 8.81. The highest BCUT2D eigenvalue weighted by Gasteiger charge is 2.28. The number of para-hydroxylation sites is 1. The van der Waals surface area contributed by atoms with Gasteiger partial charge in [-0.1, -0.05) is 127 Å². The smallest absolute Gasteiger partial charge is 0.135 e. The Kier molecular flexibility index (Phi) is 8.80. The number of hydrogen-bond acceptors (Lipinski definition) is 3. The lowest BCUT2D eigenvalue weighted by Crippen LogP contribution is -2.09. The molecule has 3 aliphatic carbocycles. The first kappa shape index (κ1) is 33.9. The summed E-state index contributed by atoms with van der Waals surface area (Å²) in [5, 5.41) is 2.60. The van der Waals surface area contributed by atoms with Gasteiger partial charge >= 0.3 is 0 Å². The van der Waals surface area contributed by atoms with Gasteiger partial charge in [-0.15, -0.1) is 0 Å². The molecule has 5 aromatic carbocycles. The van der Waals surface area contributed by atoms with Gasteiger partial charge in [-0.3, -0.25) is 4.99 Å². The highest BCUT2D eigenvalue weighted by atomic mass is 16.3. The lowest BCUT2D eigenvalue weighted by molar-refractivity contribution is 0.595. The first-order valence-electron chi connectivity index (χ1n) is 19.8. The Hall–Kier alpha value is -6.65. The average Bonchev–Trinajstić information content (AvgIpc) is 3.81. The second-order valence-corrected chi connectivity index (χ2v) is 15.1. The number of aliphatic imine (C=N–C) groups is 1. The molecule has 272 valence electrons. The second-order valence-electron chi connectivity index (χ2n) is 15.1. The van der Waals surface area contributed by atoms with E-state index in [-0.39, 0.29) is 5.92 Å². The molecule has 1 unspecified atom stereocenters. The average molecular weight is 726 g/mol. The Morgan fingerprint density at radius 2 is 1.54 bits per heavy atom. The standard InChI is InChI=1S/C52H43N3O/c53-46(38-12-3-1-4-13-38)33-47(39-14-5-2-6-15-39)54-34-35-22-24-37(25-23-35)42-18-11-20-49-52(42)44-17-7-9-19-48(44)55(49)41-29-26-36(27-30-41)40-28-31-51-45(32-40)43-16-8-10-21-50(43)56-51/h1-7,9-15,17,19-26,28-29,31-33,42H,8,16,18,27,30,34,53H2. The minimum Gasteiger partial charge on any atom is -0.456 e. The monoisotopic (exact) mass is 725 g/mol. The number of allylic oxidation sites excluding steroid dienone is 7. The number of hydrogen-bond donors (Lipinski definition) is 1. The maximum Gasteiger partial charge on any atom is 0.135 e. The van der Waals surface area contributed by atoms with Crippen molar-refractivity contribution in [1.82, 2.24) is 4.57 Å². The SMILES string of the molecule is NC(=CC(=NCc1ccc(C2CC=Cc3c2c2ccccc2n3C2=CC=C(c3ccc4oc5c(c4c3)CCC=C5)CC2)cc1)c1ccccc1)c1ccccc1. The topological polar surface area (TPSA) is 56.4 Å². The fraction of sp³-hybridized carbons (Fsp3) is 0.135. The number of nitrogens with two attached hydrogens (primary N) is 1. The van der Waals surface area contributed by atoms with Gasteiger partial charge in [0, 0.05) is 33.6 Å². The third kappa shape index (κ3) is 6.27. The van der Waals surface area contributed by atoms with Crippen LogP contribution < -0.4 is 5.73 Å². The van der Waals surface area contributed by atoms with Gasteiger partial charge in [0.15, 0.2) is 0 Å². The quantitative estimate of drug-likeness (QED) is 0.159. The van der Waals surface area contributed by atoms with Crippen molar-refractivity contribution in [2.24, 2.45) is 10.7 Å². The zero-order valence-electron chi connectivity index (χ0n) is 31.4. The minimum atomic E-state index is 0.268. The molecule has 10 rings (SSSR count). The normalized spacial score (nSPS) is 16.8. The van der Waals surface area contributed by atoms with E-state index in [2.05, 4.69) is 120 Å². The number of rotatable bonds is 8. The number of aromatic nitrogens is 1. The molecular weight excluding hydrogens is 683 g/mol. The predicted molar refractivity (Wildman–Crippen MR) is 234 cm³/mol. The molecule has 2 aromatic heterocycles. The van der Waals surface area contributed by atoms with E-state index in [0.717, 1.165) is 60.3 Å². The first-order chi connectivity index (χ1) is 27.7. The molecule has 0 saturated heterocycles. The molecular formula is C52H43N3O. The maximum atomic E-state index is 6.56. The molecule has 4 nitrogen and oxygen atoms in total. The molecule has 0 spiro atoms. The summed E-state index contributed by atoms with van der Waals surface area (Å²) in [5.74, 6) is 1.29. The predicted octanol–water partition coefficient (Wildman–Crippen LogP) is 12.6. The van der Waals surface area contributed by atoms with Crippen LogP contribution in [0.1, 0.15) is 82.0 Å². The van der Waals surface area contributed by atoms with Crippen LogP contribution in [-0.2, 0) is 13.0 Å². The van der Waals surface area contributed by atoms with Crippen LogP contribution in [0.15, 0.2) is 167 Å². The van der Waals surface area contributed by atoms with Crippen molar-refractivity contribution in [1.29, 1.82) is 0 Å². The van der Waals surface area contributed by atoms with Gasteiger partial charge in [-0.2, -0.15) is 0 Å². The van der Waals surface area contributed by atoms with Gasteiger partial charge in [0.1, 0.15) is 11.3 Å². The molecule has 2 heterocycles. The van der Waals surface area contributed by atoms with Crippen LogP contribution in [0.3, 0.4) is 0 Å². The van der Waals surface area contributed by atoms with Crippen molar-refractivity contribution in [3.63, 3.8) is 0 Å². The lowest BCUT2D eigenvalue weighted by Gasteiger charge is -2.23. The van der Waals surface area contributed by atoms with Crippen molar-refractivity contribution in [2.45, 2.75) is 44.6 Å². The van der Waals surface area contributed by atoms with E-state index in [1.165, 1.54) is 61.1 Å². The third-order valence-corrected chi connectivity index (χ3v) is 11.7. The number of furan rings is 1. The van der Waals surface area contributed by atoms with Gasteiger partial charge in [-0.05, 0) is 114 Å². The molecule has 4 heteroatoms. The highest BCUT2D eigenvalue weighted by Crippen LogP contribution is 2.44. The highest BCUT2D eigenvalue weighted by molar-refractivity contribution is 6.12. The summed E-state index contributed by atoms with van der Waals surface area (Å²) in [6.07, 6.45) is 20.8. The summed E-state index contributed by atoms with van der Waals surface area (Å²) in [7, 11) is 0. The molecule has 56 heavy (non-hydrogen) atoms. The Balaban J connectivity index is 0.944. The number of aryl methyl sites for hydroxylation is 1. The summed E-state index contributed by atoms with van der Waals surface area (Å²) in [4.78, 5) is 5.08. The largest absolute Gasteiger partial charge is 0.456 e. The first-order valence-corrected chi connectivity index (χ1v) is 19.8. The summed E-state index contributed by atoms with van der Waals surface area (Å²) >= 11 is 0. The van der Waals surface area contributed by atoms with E-state index in [1.54, 1.807) is 0 Å². The van der Waals surface area contributed by atoms with E-state index in [1.807, 2.05) is 54.6 Å². The van der Waals surface area contributed by atoms with Crippen LogP contribution in [-0.4, -0.2) is 10.3 Å². The molecule has 3 aliphatic rings. The van der Waals surface area contributed by atoms with Crippen LogP contribution in [0.4, 0.5) is 0 Å². The molecule has 0 saturated carbocycles. The zero-order chi connectivity index (χ0) is 37.4. The van der Waals surface area contributed by atoms with Gasteiger partial charge in [0.05, 0.1) is 23.5 Å². The van der Waals surface area contributed by atoms with Crippen LogP contribution in [0.5, 0.6) is 0 Å². The summed E-state index contributed by atoms with van der Waals surface area (Å²) in [6, 6.07) is 45.1. The maximum absolute atomic E-state index is 6.56. The molecule has 1 atom stereocenters. The number of fused-ring (bicyclic) bond motifs is 6. The van der Waals surface area contributed by atoms with Crippen LogP contribution in [0.2, 0.25) is 0 Å².